The van der Waals surface area contributed by atoms with Crippen LogP contribution in [-0.4, -0.2) is 14.5 Å². The van der Waals surface area contributed by atoms with E-state index in [4.69, 9.17) is 0 Å². The summed E-state index contributed by atoms with van der Waals surface area (Å²) in [7, 11) is -3.34. The highest BCUT2D eigenvalue weighted by atomic mass is 79.9. The second-order valence-electron chi connectivity index (χ2n) is 4.83. The van der Waals surface area contributed by atoms with Gasteiger partial charge in [0.2, 0.25) is 10.0 Å². The largest absolute Gasteiger partial charge is 0.250 e. The molecule has 18 heavy (non-hydrogen) atoms. The van der Waals surface area contributed by atoms with Crippen LogP contribution < -0.4 is 4.72 Å². The minimum absolute atomic E-state index is 0.110. The molecule has 0 aromatic carbocycles. The topological polar surface area (TPSA) is 46.2 Å². The molecule has 1 aromatic rings. The molecule has 1 N–H and O–H groups in total. The van der Waals surface area contributed by atoms with Crippen molar-refractivity contribution in [1.82, 2.24) is 4.72 Å². The van der Waals surface area contributed by atoms with E-state index < -0.39 is 10.0 Å². The molecular weight excluding hydrogens is 334 g/mol. The van der Waals surface area contributed by atoms with Crippen LogP contribution in [0.3, 0.4) is 0 Å². The Balaban J connectivity index is 2.11. The van der Waals surface area contributed by atoms with Gasteiger partial charge in [0.15, 0.2) is 0 Å². The Bertz CT molecular complexity index is 483. The van der Waals surface area contributed by atoms with Gasteiger partial charge in [-0.25, -0.2) is 13.1 Å². The van der Waals surface area contributed by atoms with Crippen molar-refractivity contribution in [2.45, 2.75) is 55.7 Å². The lowest BCUT2D eigenvalue weighted by Gasteiger charge is -2.15. The van der Waals surface area contributed by atoms with Gasteiger partial charge in [-0.3, -0.25) is 0 Å². The molecule has 0 bridgehead atoms. The van der Waals surface area contributed by atoms with Gasteiger partial charge in [0.1, 0.15) is 4.21 Å². The Morgan fingerprint density at radius 3 is 2.39 bits per heavy atom. The number of hydrogen-bond donors (Lipinski definition) is 1. The second-order valence-corrected chi connectivity index (χ2v) is 9.14. The summed E-state index contributed by atoms with van der Waals surface area (Å²) in [5.41, 5.74) is 0.973. The van der Waals surface area contributed by atoms with Crippen molar-refractivity contribution < 1.29 is 8.42 Å². The lowest BCUT2D eigenvalue weighted by atomic mass is 10.1. The molecule has 1 aliphatic rings. The van der Waals surface area contributed by atoms with Gasteiger partial charge in [0.25, 0.3) is 0 Å². The molecule has 1 aromatic heterocycles. The summed E-state index contributed by atoms with van der Waals surface area (Å²) >= 11 is 4.65. The van der Waals surface area contributed by atoms with Crippen LogP contribution in [0.4, 0.5) is 0 Å². The average molecular weight is 352 g/mol. The molecule has 1 heterocycles. The Hall–Kier alpha value is 0.0900. The Morgan fingerprint density at radius 2 is 1.89 bits per heavy atom. The summed E-state index contributed by atoms with van der Waals surface area (Å²) in [5, 5.41) is 0. The molecule has 2 rings (SSSR count). The van der Waals surface area contributed by atoms with Crippen molar-refractivity contribution in [3.63, 3.8) is 0 Å². The minimum Gasteiger partial charge on any atom is -0.207 e. The van der Waals surface area contributed by atoms with Gasteiger partial charge < -0.3 is 0 Å². The lowest BCUT2D eigenvalue weighted by Crippen LogP contribution is -2.33. The van der Waals surface area contributed by atoms with Gasteiger partial charge >= 0.3 is 0 Å². The first-order valence-corrected chi connectivity index (χ1v) is 9.36. The first kappa shape index (κ1) is 14.5. The van der Waals surface area contributed by atoms with E-state index in [1.807, 2.05) is 6.92 Å². The van der Waals surface area contributed by atoms with Crippen LogP contribution in [0.15, 0.2) is 14.1 Å². The Morgan fingerprint density at radius 1 is 1.28 bits per heavy atom. The monoisotopic (exact) mass is 351 g/mol. The van der Waals surface area contributed by atoms with Crippen LogP contribution >= 0.6 is 27.3 Å². The molecule has 3 nitrogen and oxygen atoms in total. The summed E-state index contributed by atoms with van der Waals surface area (Å²) in [4.78, 5) is 0. The van der Waals surface area contributed by atoms with Crippen molar-refractivity contribution in [3.05, 3.63) is 15.4 Å². The number of sulfonamides is 1. The number of rotatable bonds is 3. The summed E-state index contributed by atoms with van der Waals surface area (Å²) in [6.45, 7) is 1.91. The average Bonchev–Trinajstić information content (AvgIpc) is 2.53. The van der Waals surface area contributed by atoms with Crippen LogP contribution in [0.2, 0.25) is 0 Å². The molecule has 1 saturated carbocycles. The molecular formula is C12H18BrNO2S2. The summed E-state index contributed by atoms with van der Waals surface area (Å²) in [6, 6.07) is 1.84. The third kappa shape index (κ3) is 3.56. The Labute approximate surface area is 121 Å². The maximum atomic E-state index is 12.3. The van der Waals surface area contributed by atoms with Crippen LogP contribution in [-0.2, 0) is 10.0 Å². The van der Waals surface area contributed by atoms with E-state index in [0.29, 0.717) is 4.21 Å². The van der Waals surface area contributed by atoms with Crippen LogP contribution in [0.1, 0.15) is 44.1 Å². The number of nitrogens with one attached hydrogen (secondary N) is 1. The van der Waals surface area contributed by atoms with Crippen molar-refractivity contribution in [3.8, 4) is 0 Å². The first-order chi connectivity index (χ1) is 8.49. The quantitative estimate of drug-likeness (QED) is 0.841. The highest BCUT2D eigenvalue weighted by Crippen LogP contribution is 2.31. The molecule has 0 aliphatic heterocycles. The standard InChI is InChI=1S/C12H18BrNO2S2/c1-9-8-11(17-12(9)13)18(15,16)14-10-6-4-2-3-5-7-10/h8,10,14H,2-7H2,1H3. The van der Waals surface area contributed by atoms with E-state index in [0.717, 1.165) is 35.0 Å². The summed E-state index contributed by atoms with van der Waals surface area (Å²) in [6.07, 6.45) is 6.62. The number of aryl methyl sites for hydroxylation is 1. The van der Waals surface area contributed by atoms with Gasteiger partial charge in [0.05, 0.1) is 3.79 Å². The van der Waals surface area contributed by atoms with E-state index in [2.05, 4.69) is 20.7 Å². The van der Waals surface area contributed by atoms with Crippen LogP contribution in [0, 0.1) is 6.92 Å². The van der Waals surface area contributed by atoms with Crippen molar-refractivity contribution in [1.29, 1.82) is 0 Å². The predicted molar refractivity (Wildman–Crippen MR) is 78.6 cm³/mol. The molecule has 0 saturated heterocycles. The summed E-state index contributed by atoms with van der Waals surface area (Å²) < 4.78 is 28.7. The smallest absolute Gasteiger partial charge is 0.207 e. The zero-order chi connectivity index (χ0) is 13.2. The maximum absolute atomic E-state index is 12.3. The van der Waals surface area contributed by atoms with Gasteiger partial charge in [-0.2, -0.15) is 0 Å². The van der Waals surface area contributed by atoms with Crippen LogP contribution in [0.5, 0.6) is 0 Å². The van der Waals surface area contributed by atoms with Gasteiger partial charge in [0, 0.05) is 6.04 Å². The van der Waals surface area contributed by atoms with Gasteiger partial charge in [-0.1, -0.05) is 25.7 Å². The lowest BCUT2D eigenvalue weighted by molar-refractivity contribution is 0.511. The van der Waals surface area contributed by atoms with E-state index in [-0.39, 0.29) is 6.04 Å². The number of halogens is 1. The second kappa shape index (κ2) is 6.03. The van der Waals surface area contributed by atoms with E-state index in [9.17, 15) is 8.42 Å². The zero-order valence-corrected chi connectivity index (χ0v) is 13.6. The molecule has 0 spiro atoms. The van der Waals surface area contributed by atoms with Gasteiger partial charge in [-0.05, 0) is 47.3 Å². The molecule has 6 heteroatoms. The van der Waals surface area contributed by atoms with Gasteiger partial charge in [-0.15, -0.1) is 11.3 Å². The number of thiophene rings is 1. The van der Waals surface area contributed by atoms with E-state index >= 15 is 0 Å². The van der Waals surface area contributed by atoms with E-state index in [1.165, 1.54) is 24.2 Å². The van der Waals surface area contributed by atoms with Crippen LogP contribution in [0.25, 0.3) is 0 Å². The first-order valence-electron chi connectivity index (χ1n) is 6.27. The normalized spacial score (nSPS) is 18.8. The highest BCUT2D eigenvalue weighted by Gasteiger charge is 2.23. The van der Waals surface area contributed by atoms with Crippen molar-refractivity contribution in [2.24, 2.45) is 0 Å². The SMILES string of the molecule is Cc1cc(S(=O)(=O)NC2CCCCCC2)sc1Br. The predicted octanol–water partition coefficient (Wildman–Crippen LogP) is 3.82. The third-order valence-corrected chi connectivity index (χ3v) is 7.41. The highest BCUT2D eigenvalue weighted by molar-refractivity contribution is 9.11. The minimum atomic E-state index is -3.34. The van der Waals surface area contributed by atoms with Crippen molar-refractivity contribution >= 4 is 37.3 Å². The fourth-order valence-electron chi connectivity index (χ4n) is 2.24. The molecule has 0 amide bonds. The third-order valence-electron chi connectivity index (χ3n) is 3.28. The van der Waals surface area contributed by atoms with Crippen molar-refractivity contribution in [2.75, 3.05) is 0 Å². The Kier molecular flexibility index (Phi) is 4.86. The molecule has 0 radical (unpaired) electrons. The molecule has 102 valence electrons. The fourth-order valence-corrected chi connectivity index (χ4v) is 5.79. The molecule has 0 atom stereocenters. The fraction of sp³-hybridized carbons (Fsp3) is 0.667. The molecule has 1 fully saturated rings. The number of hydrogen-bond acceptors (Lipinski definition) is 3. The molecule has 0 unspecified atom stereocenters. The zero-order valence-electron chi connectivity index (χ0n) is 10.4. The van der Waals surface area contributed by atoms with E-state index in [1.54, 1.807) is 6.07 Å². The maximum Gasteiger partial charge on any atom is 0.250 e. The molecule has 1 aliphatic carbocycles. The summed E-state index contributed by atoms with van der Waals surface area (Å²) in [5.74, 6) is 0.